The molecule has 1 heterocycles. The van der Waals surface area contributed by atoms with E-state index in [0.717, 1.165) is 38.4 Å². The number of benzene rings is 1. The summed E-state index contributed by atoms with van der Waals surface area (Å²) >= 11 is 0. The van der Waals surface area contributed by atoms with Gasteiger partial charge < -0.3 is 9.64 Å². The summed E-state index contributed by atoms with van der Waals surface area (Å²) in [6.07, 6.45) is 0.438. The average Bonchev–Trinajstić information content (AvgIpc) is 2.46. The zero-order chi connectivity index (χ0) is 13.7. The van der Waals surface area contributed by atoms with Gasteiger partial charge in [-0.3, -0.25) is 9.69 Å². The molecule has 0 unspecified atom stereocenters. The van der Waals surface area contributed by atoms with Crippen LogP contribution in [0.4, 0.5) is 10.1 Å². The number of rotatable bonds is 4. The van der Waals surface area contributed by atoms with Crippen LogP contribution in [-0.2, 0) is 9.53 Å². The minimum absolute atomic E-state index is 0.166. The smallest absolute Gasteiger partial charge is 0.306 e. The van der Waals surface area contributed by atoms with Gasteiger partial charge in [-0.1, -0.05) is 0 Å². The first-order valence-electron chi connectivity index (χ1n) is 6.49. The highest BCUT2D eigenvalue weighted by atomic mass is 19.1. The molecule has 5 heteroatoms. The van der Waals surface area contributed by atoms with Crippen molar-refractivity contribution in [2.45, 2.75) is 6.42 Å². The van der Waals surface area contributed by atoms with Crippen LogP contribution in [0.1, 0.15) is 6.42 Å². The number of carbonyl (C=O) groups excluding carboxylic acids is 1. The Labute approximate surface area is 112 Å². The van der Waals surface area contributed by atoms with Crippen LogP contribution in [-0.4, -0.2) is 50.7 Å². The minimum atomic E-state index is -0.208. The molecular formula is C14H19FN2O2. The molecule has 0 bridgehead atoms. The Bertz CT molecular complexity index is 414. The molecule has 4 nitrogen and oxygen atoms in total. The molecule has 19 heavy (non-hydrogen) atoms. The van der Waals surface area contributed by atoms with Gasteiger partial charge in [-0.05, 0) is 24.3 Å². The largest absolute Gasteiger partial charge is 0.469 e. The number of hydrogen-bond donors (Lipinski definition) is 0. The van der Waals surface area contributed by atoms with Gasteiger partial charge in [0.15, 0.2) is 0 Å². The number of esters is 1. The molecule has 104 valence electrons. The van der Waals surface area contributed by atoms with Crippen molar-refractivity contribution >= 4 is 11.7 Å². The first-order valence-corrected chi connectivity index (χ1v) is 6.49. The maximum Gasteiger partial charge on any atom is 0.306 e. The highest BCUT2D eigenvalue weighted by molar-refractivity contribution is 5.69. The van der Waals surface area contributed by atoms with Gasteiger partial charge >= 0.3 is 5.97 Å². The predicted molar refractivity (Wildman–Crippen MR) is 71.7 cm³/mol. The Morgan fingerprint density at radius 3 is 2.42 bits per heavy atom. The summed E-state index contributed by atoms with van der Waals surface area (Å²) in [5, 5.41) is 0. The van der Waals surface area contributed by atoms with E-state index in [2.05, 4.69) is 14.5 Å². The highest BCUT2D eigenvalue weighted by Crippen LogP contribution is 2.16. The summed E-state index contributed by atoms with van der Waals surface area (Å²) in [6, 6.07) is 6.58. The van der Waals surface area contributed by atoms with Crippen molar-refractivity contribution in [3.05, 3.63) is 30.1 Å². The lowest BCUT2D eigenvalue weighted by Crippen LogP contribution is -2.46. The van der Waals surface area contributed by atoms with E-state index in [9.17, 15) is 9.18 Å². The zero-order valence-electron chi connectivity index (χ0n) is 11.1. The molecular weight excluding hydrogens is 247 g/mol. The number of ether oxygens (including phenoxy) is 1. The van der Waals surface area contributed by atoms with Gasteiger partial charge in [0.05, 0.1) is 13.5 Å². The topological polar surface area (TPSA) is 32.8 Å². The maximum atomic E-state index is 12.9. The van der Waals surface area contributed by atoms with Crippen LogP contribution < -0.4 is 4.90 Å². The first kappa shape index (κ1) is 13.8. The van der Waals surface area contributed by atoms with Crippen molar-refractivity contribution in [2.75, 3.05) is 44.7 Å². The normalized spacial score (nSPS) is 16.4. The van der Waals surface area contributed by atoms with Gasteiger partial charge in [0.1, 0.15) is 5.82 Å². The Balaban J connectivity index is 1.79. The molecule has 0 aromatic heterocycles. The van der Waals surface area contributed by atoms with Crippen LogP contribution in [0, 0.1) is 5.82 Å². The van der Waals surface area contributed by atoms with E-state index >= 15 is 0 Å². The summed E-state index contributed by atoms with van der Waals surface area (Å²) in [7, 11) is 1.41. The SMILES string of the molecule is COC(=O)CCN1CCN(c2ccc(F)cc2)CC1. The van der Waals surface area contributed by atoms with Gasteiger partial charge in [-0.25, -0.2) is 4.39 Å². The number of halogens is 1. The number of nitrogens with zero attached hydrogens (tertiary/aromatic N) is 2. The second kappa shape index (κ2) is 6.52. The van der Waals surface area contributed by atoms with Gasteiger partial charge in [0.2, 0.25) is 0 Å². The number of carbonyl (C=O) groups is 1. The monoisotopic (exact) mass is 266 g/mol. The Morgan fingerprint density at radius 1 is 1.21 bits per heavy atom. The fraction of sp³-hybridized carbons (Fsp3) is 0.500. The third-order valence-corrected chi connectivity index (χ3v) is 3.42. The molecule has 0 N–H and O–H groups in total. The summed E-state index contributed by atoms with van der Waals surface area (Å²) < 4.78 is 17.5. The molecule has 1 aromatic carbocycles. The number of piperazine rings is 1. The van der Waals surface area contributed by atoms with Crippen LogP contribution >= 0.6 is 0 Å². The van der Waals surface area contributed by atoms with Crippen LogP contribution in [0.25, 0.3) is 0 Å². The molecule has 1 saturated heterocycles. The third-order valence-electron chi connectivity index (χ3n) is 3.42. The summed E-state index contributed by atoms with van der Waals surface area (Å²) in [6.45, 7) is 4.35. The predicted octanol–water partition coefficient (Wildman–Crippen LogP) is 1.51. The van der Waals surface area contributed by atoms with Crippen molar-refractivity contribution < 1.29 is 13.9 Å². The van der Waals surface area contributed by atoms with Crippen LogP contribution in [0.15, 0.2) is 24.3 Å². The van der Waals surface area contributed by atoms with Crippen molar-refractivity contribution in [1.29, 1.82) is 0 Å². The quantitative estimate of drug-likeness (QED) is 0.773. The van der Waals surface area contributed by atoms with E-state index < -0.39 is 0 Å². The standard InChI is InChI=1S/C14H19FN2O2/c1-19-14(18)6-7-16-8-10-17(11-9-16)13-4-2-12(15)3-5-13/h2-5H,6-11H2,1H3. The van der Waals surface area contributed by atoms with Gasteiger partial charge in [-0.2, -0.15) is 0 Å². The molecule has 2 rings (SSSR count). The molecule has 0 radical (unpaired) electrons. The molecule has 1 aromatic rings. The number of methoxy groups -OCH3 is 1. The molecule has 0 saturated carbocycles. The van der Waals surface area contributed by atoms with E-state index in [-0.39, 0.29) is 11.8 Å². The van der Waals surface area contributed by atoms with Crippen LogP contribution in [0.3, 0.4) is 0 Å². The first-order chi connectivity index (χ1) is 9.19. The average molecular weight is 266 g/mol. The summed E-state index contributed by atoms with van der Waals surface area (Å²) in [4.78, 5) is 15.6. The molecule has 1 aliphatic rings. The van der Waals surface area contributed by atoms with E-state index in [1.54, 1.807) is 12.1 Å². The summed E-state index contributed by atoms with van der Waals surface area (Å²) in [5.74, 6) is -0.374. The Hall–Kier alpha value is -1.62. The van der Waals surface area contributed by atoms with Crippen molar-refractivity contribution in [1.82, 2.24) is 4.90 Å². The minimum Gasteiger partial charge on any atom is -0.469 e. The van der Waals surface area contributed by atoms with Gasteiger partial charge in [-0.15, -0.1) is 0 Å². The molecule has 0 spiro atoms. The van der Waals surface area contributed by atoms with E-state index in [0.29, 0.717) is 6.42 Å². The van der Waals surface area contributed by atoms with Crippen molar-refractivity contribution in [3.8, 4) is 0 Å². The van der Waals surface area contributed by atoms with Crippen molar-refractivity contribution in [2.24, 2.45) is 0 Å². The second-order valence-electron chi connectivity index (χ2n) is 4.63. The lowest BCUT2D eigenvalue weighted by molar-refractivity contribution is -0.141. The third kappa shape index (κ3) is 3.92. The molecule has 1 fully saturated rings. The Morgan fingerprint density at radius 2 is 1.84 bits per heavy atom. The fourth-order valence-corrected chi connectivity index (χ4v) is 2.23. The molecule has 1 aliphatic heterocycles. The van der Waals surface area contributed by atoms with Crippen molar-refractivity contribution in [3.63, 3.8) is 0 Å². The van der Waals surface area contributed by atoms with E-state index in [4.69, 9.17) is 0 Å². The van der Waals surface area contributed by atoms with Crippen LogP contribution in [0.2, 0.25) is 0 Å². The Kier molecular flexibility index (Phi) is 4.74. The van der Waals surface area contributed by atoms with Gasteiger partial charge in [0.25, 0.3) is 0 Å². The lowest BCUT2D eigenvalue weighted by atomic mass is 10.2. The lowest BCUT2D eigenvalue weighted by Gasteiger charge is -2.35. The maximum absolute atomic E-state index is 12.9. The second-order valence-corrected chi connectivity index (χ2v) is 4.63. The summed E-state index contributed by atoms with van der Waals surface area (Å²) in [5.41, 5.74) is 1.05. The molecule has 0 aliphatic carbocycles. The van der Waals surface area contributed by atoms with E-state index in [1.165, 1.54) is 19.2 Å². The fourth-order valence-electron chi connectivity index (χ4n) is 2.23. The molecule has 0 amide bonds. The number of hydrogen-bond acceptors (Lipinski definition) is 4. The molecule has 0 atom stereocenters. The highest BCUT2D eigenvalue weighted by Gasteiger charge is 2.17. The van der Waals surface area contributed by atoms with E-state index in [1.807, 2.05) is 0 Å². The number of anilines is 1. The van der Waals surface area contributed by atoms with Crippen LogP contribution in [0.5, 0.6) is 0 Å². The van der Waals surface area contributed by atoms with Gasteiger partial charge in [0, 0.05) is 38.4 Å². The zero-order valence-corrected chi connectivity index (χ0v) is 11.1.